The van der Waals surface area contributed by atoms with Crippen molar-refractivity contribution in [2.45, 2.75) is 12.3 Å². The van der Waals surface area contributed by atoms with Crippen LogP contribution in [-0.2, 0) is 4.74 Å². The number of anilines is 1. The van der Waals surface area contributed by atoms with Crippen LogP contribution in [0.3, 0.4) is 0 Å². The van der Waals surface area contributed by atoms with Crippen LogP contribution in [0.15, 0.2) is 18.3 Å². The van der Waals surface area contributed by atoms with Crippen LogP contribution < -0.4 is 5.32 Å². The molecule has 0 amide bonds. The maximum atomic E-state index is 5.97. The van der Waals surface area contributed by atoms with E-state index in [1.807, 2.05) is 19.1 Å². The van der Waals surface area contributed by atoms with E-state index >= 15 is 0 Å². The second kappa shape index (κ2) is 5.83. The third kappa shape index (κ3) is 3.94. The summed E-state index contributed by atoms with van der Waals surface area (Å²) < 4.78 is 4.93. The van der Waals surface area contributed by atoms with Crippen LogP contribution in [0.4, 0.5) is 5.69 Å². The van der Waals surface area contributed by atoms with Crippen LogP contribution in [0.25, 0.3) is 0 Å². The van der Waals surface area contributed by atoms with Crippen molar-refractivity contribution in [1.82, 2.24) is 4.98 Å². The Balaban J connectivity index is 2.37. The van der Waals surface area contributed by atoms with Gasteiger partial charge in [0.1, 0.15) is 0 Å². The highest BCUT2D eigenvalue weighted by molar-refractivity contribution is 6.21. The SMILES string of the molecule is COCC(Cl)CNc1ccnc(C)c1. The molecule has 3 nitrogen and oxygen atoms in total. The van der Waals surface area contributed by atoms with Gasteiger partial charge in [0.25, 0.3) is 0 Å². The number of pyridine rings is 1. The van der Waals surface area contributed by atoms with E-state index in [2.05, 4.69) is 10.3 Å². The molecular weight excluding hydrogens is 200 g/mol. The van der Waals surface area contributed by atoms with Gasteiger partial charge in [-0.1, -0.05) is 0 Å². The zero-order chi connectivity index (χ0) is 10.4. The van der Waals surface area contributed by atoms with Crippen molar-refractivity contribution in [3.63, 3.8) is 0 Å². The number of ether oxygens (including phenoxy) is 1. The fourth-order valence-corrected chi connectivity index (χ4v) is 1.33. The Morgan fingerprint density at radius 3 is 3.07 bits per heavy atom. The number of hydrogen-bond donors (Lipinski definition) is 1. The summed E-state index contributed by atoms with van der Waals surface area (Å²) in [6.45, 7) is 3.20. The van der Waals surface area contributed by atoms with E-state index in [9.17, 15) is 0 Å². The summed E-state index contributed by atoms with van der Waals surface area (Å²) in [5.74, 6) is 0. The number of aryl methyl sites for hydroxylation is 1. The largest absolute Gasteiger partial charge is 0.383 e. The number of rotatable bonds is 5. The first-order valence-corrected chi connectivity index (χ1v) is 4.95. The van der Waals surface area contributed by atoms with E-state index in [0.29, 0.717) is 13.2 Å². The Bertz CT molecular complexity index is 281. The second-order valence-corrected chi connectivity index (χ2v) is 3.74. The molecule has 0 spiro atoms. The number of halogens is 1. The fourth-order valence-electron chi connectivity index (χ4n) is 1.12. The van der Waals surface area contributed by atoms with E-state index < -0.39 is 0 Å². The van der Waals surface area contributed by atoms with Crippen molar-refractivity contribution in [1.29, 1.82) is 0 Å². The van der Waals surface area contributed by atoms with Gasteiger partial charge < -0.3 is 10.1 Å². The molecule has 0 saturated heterocycles. The molecule has 78 valence electrons. The van der Waals surface area contributed by atoms with Gasteiger partial charge in [0, 0.05) is 31.2 Å². The van der Waals surface area contributed by atoms with Crippen molar-refractivity contribution >= 4 is 17.3 Å². The van der Waals surface area contributed by atoms with Crippen LogP contribution in [0.2, 0.25) is 0 Å². The maximum absolute atomic E-state index is 5.97. The Hall–Kier alpha value is -0.800. The number of hydrogen-bond acceptors (Lipinski definition) is 3. The summed E-state index contributed by atoms with van der Waals surface area (Å²) in [6, 6.07) is 3.90. The number of methoxy groups -OCH3 is 1. The number of nitrogens with zero attached hydrogens (tertiary/aromatic N) is 1. The molecule has 0 saturated carbocycles. The lowest BCUT2D eigenvalue weighted by molar-refractivity contribution is 0.200. The van der Waals surface area contributed by atoms with Crippen molar-refractivity contribution in [3.05, 3.63) is 24.0 Å². The van der Waals surface area contributed by atoms with Crippen molar-refractivity contribution in [3.8, 4) is 0 Å². The molecule has 0 aliphatic carbocycles. The quantitative estimate of drug-likeness (QED) is 0.762. The number of alkyl halides is 1. The van der Waals surface area contributed by atoms with Crippen LogP contribution in [0.1, 0.15) is 5.69 Å². The predicted octanol–water partition coefficient (Wildman–Crippen LogP) is 2.06. The first-order valence-electron chi connectivity index (χ1n) is 4.52. The molecule has 14 heavy (non-hydrogen) atoms. The first kappa shape index (κ1) is 11.3. The van der Waals surface area contributed by atoms with Gasteiger partial charge >= 0.3 is 0 Å². The minimum absolute atomic E-state index is 0.00604. The molecule has 1 N–H and O–H groups in total. The lowest BCUT2D eigenvalue weighted by atomic mass is 10.3. The highest BCUT2D eigenvalue weighted by Crippen LogP contribution is 2.08. The minimum atomic E-state index is -0.00604. The molecule has 0 radical (unpaired) electrons. The molecular formula is C10H15ClN2O. The van der Waals surface area contributed by atoms with Crippen LogP contribution in [0, 0.1) is 6.92 Å². The minimum Gasteiger partial charge on any atom is -0.383 e. The zero-order valence-corrected chi connectivity index (χ0v) is 9.21. The molecule has 0 aliphatic rings. The molecule has 1 aromatic rings. The smallest absolute Gasteiger partial charge is 0.0741 e. The average Bonchev–Trinajstić information content (AvgIpc) is 2.15. The van der Waals surface area contributed by atoms with Gasteiger partial charge in [-0.25, -0.2) is 0 Å². The van der Waals surface area contributed by atoms with Gasteiger partial charge in [0.2, 0.25) is 0 Å². The molecule has 0 aromatic carbocycles. The standard InChI is InChI=1S/C10H15ClN2O/c1-8-5-10(3-4-12-8)13-6-9(11)7-14-2/h3-5,9H,6-7H2,1-2H3,(H,12,13). The highest BCUT2D eigenvalue weighted by Gasteiger charge is 2.02. The summed E-state index contributed by atoms with van der Waals surface area (Å²) in [5, 5.41) is 3.21. The molecule has 1 atom stereocenters. The second-order valence-electron chi connectivity index (χ2n) is 3.12. The molecule has 1 rings (SSSR count). The highest BCUT2D eigenvalue weighted by atomic mass is 35.5. The molecule has 0 fully saturated rings. The third-order valence-electron chi connectivity index (χ3n) is 1.77. The Kier molecular flexibility index (Phi) is 4.70. The van der Waals surface area contributed by atoms with Crippen molar-refractivity contribution in [2.24, 2.45) is 0 Å². The Morgan fingerprint density at radius 2 is 2.43 bits per heavy atom. The molecule has 0 aliphatic heterocycles. The van der Waals surface area contributed by atoms with E-state index in [1.54, 1.807) is 13.3 Å². The topological polar surface area (TPSA) is 34.1 Å². The summed E-state index contributed by atoms with van der Waals surface area (Å²) in [7, 11) is 1.64. The molecule has 0 bridgehead atoms. The number of aromatic nitrogens is 1. The van der Waals surface area contributed by atoms with Gasteiger partial charge in [-0.15, -0.1) is 11.6 Å². The molecule has 1 heterocycles. The summed E-state index contributed by atoms with van der Waals surface area (Å²) >= 11 is 5.97. The van der Waals surface area contributed by atoms with Gasteiger partial charge in [-0.3, -0.25) is 4.98 Å². The van der Waals surface area contributed by atoms with Gasteiger partial charge in [0.05, 0.1) is 12.0 Å². The zero-order valence-electron chi connectivity index (χ0n) is 8.46. The Morgan fingerprint density at radius 1 is 1.64 bits per heavy atom. The first-order chi connectivity index (χ1) is 6.72. The van der Waals surface area contributed by atoms with Gasteiger partial charge in [0.15, 0.2) is 0 Å². The van der Waals surface area contributed by atoms with E-state index in [4.69, 9.17) is 16.3 Å². The summed E-state index contributed by atoms with van der Waals surface area (Å²) in [4.78, 5) is 4.11. The predicted molar refractivity (Wildman–Crippen MR) is 59.0 cm³/mol. The lowest BCUT2D eigenvalue weighted by Crippen LogP contribution is -2.18. The molecule has 1 unspecified atom stereocenters. The monoisotopic (exact) mass is 214 g/mol. The Labute approximate surface area is 89.4 Å². The number of nitrogens with one attached hydrogen (secondary N) is 1. The lowest BCUT2D eigenvalue weighted by Gasteiger charge is -2.10. The molecule has 1 aromatic heterocycles. The summed E-state index contributed by atoms with van der Waals surface area (Å²) in [6.07, 6.45) is 1.78. The normalized spacial score (nSPS) is 12.5. The van der Waals surface area contributed by atoms with Crippen molar-refractivity contribution in [2.75, 3.05) is 25.6 Å². The average molecular weight is 215 g/mol. The van der Waals surface area contributed by atoms with E-state index in [0.717, 1.165) is 11.4 Å². The van der Waals surface area contributed by atoms with Crippen LogP contribution >= 0.6 is 11.6 Å². The van der Waals surface area contributed by atoms with E-state index in [-0.39, 0.29) is 5.38 Å². The van der Waals surface area contributed by atoms with Gasteiger partial charge in [-0.2, -0.15) is 0 Å². The van der Waals surface area contributed by atoms with Crippen molar-refractivity contribution < 1.29 is 4.74 Å². The fraction of sp³-hybridized carbons (Fsp3) is 0.500. The maximum Gasteiger partial charge on any atom is 0.0741 e. The molecule has 4 heteroatoms. The van der Waals surface area contributed by atoms with Crippen LogP contribution in [-0.4, -0.2) is 30.6 Å². The van der Waals surface area contributed by atoms with Gasteiger partial charge in [-0.05, 0) is 19.1 Å². The third-order valence-corrected chi connectivity index (χ3v) is 2.05. The van der Waals surface area contributed by atoms with Crippen LogP contribution in [0.5, 0.6) is 0 Å². The summed E-state index contributed by atoms with van der Waals surface area (Å²) in [5.41, 5.74) is 2.03. The van der Waals surface area contributed by atoms with E-state index in [1.165, 1.54) is 0 Å².